The maximum Gasteiger partial charge on any atom is 0.231 e. The first kappa shape index (κ1) is 19.0. The molecule has 8 heteroatoms. The van der Waals surface area contributed by atoms with Crippen LogP contribution in [0.4, 0.5) is 17.3 Å². The van der Waals surface area contributed by atoms with Crippen LogP contribution in [-0.4, -0.2) is 47.2 Å². The van der Waals surface area contributed by atoms with Gasteiger partial charge in [0, 0.05) is 43.3 Å². The lowest BCUT2D eigenvalue weighted by atomic mass is 10.1. The number of fused-ring (bicyclic) bond motifs is 1. The molecule has 0 radical (unpaired) electrons. The number of anilines is 3. The minimum atomic E-state index is -0.197. The van der Waals surface area contributed by atoms with Crippen molar-refractivity contribution in [2.45, 2.75) is 6.42 Å². The summed E-state index contributed by atoms with van der Waals surface area (Å²) in [6, 6.07) is 19.7. The molecule has 2 aromatic carbocycles. The summed E-state index contributed by atoms with van der Waals surface area (Å²) in [6.45, 7) is 3.53. The van der Waals surface area contributed by atoms with Gasteiger partial charge in [-0.3, -0.25) is 4.79 Å². The van der Waals surface area contributed by atoms with E-state index in [4.69, 9.17) is 4.52 Å². The molecule has 3 heterocycles. The van der Waals surface area contributed by atoms with Gasteiger partial charge in [0.2, 0.25) is 5.91 Å². The smallest absolute Gasteiger partial charge is 0.231 e. The quantitative estimate of drug-likeness (QED) is 0.537. The Morgan fingerprint density at radius 2 is 1.68 bits per heavy atom. The fraction of sp³-hybridized carbons (Fsp3) is 0.217. The summed E-state index contributed by atoms with van der Waals surface area (Å²) in [7, 11) is 0. The molecule has 0 atom stereocenters. The largest absolute Gasteiger partial charge is 0.368 e. The number of amides is 1. The first-order valence-corrected chi connectivity index (χ1v) is 10.3. The van der Waals surface area contributed by atoms with Crippen molar-refractivity contribution in [3.8, 4) is 0 Å². The number of rotatable bonds is 5. The Kier molecular flexibility index (Phi) is 5.18. The highest BCUT2D eigenvalue weighted by atomic mass is 16.5. The molecule has 8 nitrogen and oxygen atoms in total. The molecule has 0 unspecified atom stereocenters. The van der Waals surface area contributed by atoms with E-state index in [0.717, 1.165) is 37.4 Å². The van der Waals surface area contributed by atoms with Crippen molar-refractivity contribution in [2.75, 3.05) is 41.3 Å². The highest BCUT2D eigenvalue weighted by Crippen LogP contribution is 2.21. The molecular weight excluding hydrogens is 392 g/mol. The number of nitrogens with one attached hydrogen (secondary N) is 1. The summed E-state index contributed by atoms with van der Waals surface area (Å²) in [4.78, 5) is 25.7. The zero-order chi connectivity index (χ0) is 21.0. The molecule has 2 aromatic heterocycles. The van der Waals surface area contributed by atoms with Gasteiger partial charge < -0.3 is 19.6 Å². The highest BCUT2D eigenvalue weighted by Gasteiger charge is 2.19. The fourth-order valence-corrected chi connectivity index (χ4v) is 3.83. The standard InChI is InChI=1S/C23H22N6O2/c30-23(14-19-18-8-4-5-9-20(18)31-27-19)26-21-15-22(25-16-24-21)29-12-10-28(11-13-29)17-6-2-1-3-7-17/h1-9,15-16H,10-14H2,(H,24,25,26,30). The number of aromatic nitrogens is 3. The van der Waals surface area contributed by atoms with Gasteiger partial charge in [-0.25, -0.2) is 9.97 Å². The molecule has 31 heavy (non-hydrogen) atoms. The number of hydrogen-bond donors (Lipinski definition) is 1. The predicted molar refractivity (Wildman–Crippen MR) is 119 cm³/mol. The Labute approximate surface area is 179 Å². The third-order valence-corrected chi connectivity index (χ3v) is 5.43. The van der Waals surface area contributed by atoms with Gasteiger partial charge >= 0.3 is 0 Å². The molecule has 1 amide bonds. The lowest BCUT2D eigenvalue weighted by Gasteiger charge is -2.36. The molecule has 4 aromatic rings. The summed E-state index contributed by atoms with van der Waals surface area (Å²) in [5.41, 5.74) is 2.52. The zero-order valence-electron chi connectivity index (χ0n) is 16.9. The minimum absolute atomic E-state index is 0.117. The van der Waals surface area contributed by atoms with Gasteiger partial charge in [0.25, 0.3) is 0 Å². The molecular formula is C23H22N6O2. The van der Waals surface area contributed by atoms with E-state index in [1.807, 2.05) is 36.4 Å². The van der Waals surface area contributed by atoms with Gasteiger partial charge in [-0.15, -0.1) is 0 Å². The fourth-order valence-electron chi connectivity index (χ4n) is 3.83. The van der Waals surface area contributed by atoms with Crippen LogP contribution >= 0.6 is 0 Å². The molecule has 5 rings (SSSR count). The molecule has 1 N–H and O–H groups in total. The van der Waals surface area contributed by atoms with Gasteiger partial charge in [0.15, 0.2) is 5.58 Å². The molecule has 0 aliphatic carbocycles. The normalized spacial score (nSPS) is 14.1. The van der Waals surface area contributed by atoms with Crippen LogP contribution in [0.1, 0.15) is 5.69 Å². The maximum atomic E-state index is 12.5. The van der Waals surface area contributed by atoms with Gasteiger partial charge in [-0.2, -0.15) is 0 Å². The molecule has 1 fully saturated rings. The summed E-state index contributed by atoms with van der Waals surface area (Å²) in [5, 5.41) is 7.71. The van der Waals surface area contributed by atoms with Gasteiger partial charge in [-0.1, -0.05) is 35.5 Å². The van der Waals surface area contributed by atoms with Gasteiger partial charge in [-0.05, 0) is 24.3 Å². The van der Waals surface area contributed by atoms with E-state index in [1.165, 1.54) is 12.0 Å². The summed E-state index contributed by atoms with van der Waals surface area (Å²) >= 11 is 0. The summed E-state index contributed by atoms with van der Waals surface area (Å²) in [6.07, 6.45) is 1.60. The van der Waals surface area contributed by atoms with E-state index in [1.54, 1.807) is 0 Å². The van der Waals surface area contributed by atoms with Gasteiger partial charge in [0.1, 0.15) is 23.7 Å². The van der Waals surface area contributed by atoms with Crippen LogP contribution in [0.3, 0.4) is 0 Å². The van der Waals surface area contributed by atoms with Crippen molar-refractivity contribution in [2.24, 2.45) is 0 Å². The van der Waals surface area contributed by atoms with Crippen LogP contribution in [0.5, 0.6) is 0 Å². The second-order valence-electron chi connectivity index (χ2n) is 7.42. The van der Waals surface area contributed by atoms with Crippen molar-refractivity contribution in [1.29, 1.82) is 0 Å². The molecule has 156 valence electrons. The average molecular weight is 414 g/mol. The van der Waals surface area contributed by atoms with Crippen molar-refractivity contribution < 1.29 is 9.32 Å². The first-order valence-electron chi connectivity index (χ1n) is 10.3. The number of benzene rings is 2. The van der Waals surface area contributed by atoms with E-state index in [-0.39, 0.29) is 12.3 Å². The van der Waals surface area contributed by atoms with Crippen LogP contribution in [0.15, 0.2) is 71.5 Å². The highest BCUT2D eigenvalue weighted by molar-refractivity contribution is 5.94. The first-order chi connectivity index (χ1) is 15.3. The lowest BCUT2D eigenvalue weighted by molar-refractivity contribution is -0.115. The number of nitrogens with zero attached hydrogens (tertiary/aromatic N) is 5. The third kappa shape index (κ3) is 4.18. The molecule has 1 aliphatic heterocycles. The Balaban J connectivity index is 1.22. The SMILES string of the molecule is O=C(Cc1noc2ccccc12)Nc1cc(N2CCN(c3ccccc3)CC2)ncn1. The molecule has 1 saturated heterocycles. The number of carbonyl (C=O) groups excluding carboxylic acids is 1. The van der Waals surface area contributed by atoms with Crippen LogP contribution in [0, 0.1) is 0 Å². The van der Waals surface area contributed by atoms with E-state index < -0.39 is 0 Å². The van der Waals surface area contributed by atoms with E-state index in [9.17, 15) is 4.79 Å². The lowest BCUT2D eigenvalue weighted by Crippen LogP contribution is -2.46. The summed E-state index contributed by atoms with van der Waals surface area (Å²) < 4.78 is 5.27. The monoisotopic (exact) mass is 414 g/mol. The van der Waals surface area contributed by atoms with Crippen LogP contribution in [-0.2, 0) is 11.2 Å². The van der Waals surface area contributed by atoms with E-state index in [0.29, 0.717) is 17.1 Å². The Bertz CT molecular complexity index is 1180. The van der Waals surface area contributed by atoms with Crippen LogP contribution in [0.2, 0.25) is 0 Å². The van der Waals surface area contributed by atoms with Crippen molar-refractivity contribution >= 4 is 34.2 Å². The van der Waals surface area contributed by atoms with Crippen molar-refractivity contribution in [3.05, 3.63) is 72.7 Å². The zero-order valence-corrected chi connectivity index (χ0v) is 16.9. The van der Waals surface area contributed by atoms with E-state index >= 15 is 0 Å². The van der Waals surface area contributed by atoms with Crippen LogP contribution in [0.25, 0.3) is 11.0 Å². The molecule has 1 aliphatic rings. The second kappa shape index (κ2) is 8.43. The Morgan fingerprint density at radius 1 is 0.935 bits per heavy atom. The van der Waals surface area contributed by atoms with Gasteiger partial charge in [0.05, 0.1) is 6.42 Å². The predicted octanol–water partition coefficient (Wildman–Crippen LogP) is 3.13. The van der Waals surface area contributed by atoms with Crippen LogP contribution < -0.4 is 15.1 Å². The Hall–Kier alpha value is -3.94. The number of para-hydroxylation sites is 2. The Morgan fingerprint density at radius 3 is 2.52 bits per heavy atom. The second-order valence-corrected chi connectivity index (χ2v) is 7.42. The molecule has 0 spiro atoms. The average Bonchev–Trinajstić information content (AvgIpc) is 3.23. The van der Waals surface area contributed by atoms with E-state index in [2.05, 4.69) is 54.5 Å². The topological polar surface area (TPSA) is 87.4 Å². The maximum absolute atomic E-state index is 12.5. The summed E-state index contributed by atoms with van der Waals surface area (Å²) in [5.74, 6) is 1.09. The third-order valence-electron chi connectivity index (χ3n) is 5.43. The number of hydrogen-bond acceptors (Lipinski definition) is 7. The number of carbonyl (C=O) groups is 1. The molecule has 0 bridgehead atoms. The molecule has 0 saturated carbocycles. The van der Waals surface area contributed by atoms with Crippen molar-refractivity contribution in [3.63, 3.8) is 0 Å². The minimum Gasteiger partial charge on any atom is -0.368 e. The van der Waals surface area contributed by atoms with Crippen molar-refractivity contribution in [1.82, 2.24) is 15.1 Å². The number of piperazine rings is 1.